The van der Waals surface area contributed by atoms with E-state index in [0.29, 0.717) is 12.4 Å². The van der Waals surface area contributed by atoms with E-state index in [4.69, 9.17) is 0 Å². The van der Waals surface area contributed by atoms with Gasteiger partial charge >= 0.3 is 0 Å². The first-order valence-electron chi connectivity index (χ1n) is 6.62. The Kier molecular flexibility index (Phi) is 3.29. The van der Waals surface area contributed by atoms with E-state index in [-0.39, 0.29) is 0 Å². The summed E-state index contributed by atoms with van der Waals surface area (Å²) in [5.74, 6) is 0.665. The van der Waals surface area contributed by atoms with Gasteiger partial charge in [0, 0.05) is 5.56 Å². The molecule has 0 saturated carbocycles. The predicted octanol–water partition coefficient (Wildman–Crippen LogP) is 3.01. The summed E-state index contributed by atoms with van der Waals surface area (Å²) in [6.07, 6.45) is 0. The summed E-state index contributed by atoms with van der Waals surface area (Å²) in [5.41, 5.74) is 4.66. The molecule has 0 amide bonds. The Hall–Kier alpha value is -2.49. The minimum Gasteiger partial charge on any atom is -0.159 e. The fourth-order valence-corrected chi connectivity index (χ4v) is 2.07. The number of benzene rings is 2. The van der Waals surface area contributed by atoms with Crippen LogP contribution in [0.25, 0.3) is 11.4 Å². The van der Waals surface area contributed by atoms with Gasteiger partial charge in [-0.25, -0.2) is 0 Å². The molecule has 20 heavy (non-hydrogen) atoms. The number of hydrogen-bond donors (Lipinski definition) is 0. The zero-order valence-corrected chi connectivity index (χ0v) is 11.6. The number of aromatic nitrogens is 4. The standard InChI is InChI=1S/C16H16N4/c1-12-7-9-14(10-8-12)16-17-19-20(18-16)11-15-6-4-3-5-13(15)2/h3-10H,11H2,1-2H3. The number of hydrogen-bond acceptors (Lipinski definition) is 3. The van der Waals surface area contributed by atoms with Crippen LogP contribution >= 0.6 is 0 Å². The molecule has 100 valence electrons. The second kappa shape index (κ2) is 5.25. The van der Waals surface area contributed by atoms with E-state index in [2.05, 4.69) is 53.5 Å². The quantitative estimate of drug-likeness (QED) is 0.730. The van der Waals surface area contributed by atoms with Crippen molar-refractivity contribution in [1.82, 2.24) is 20.2 Å². The Morgan fingerprint density at radius 3 is 2.45 bits per heavy atom. The summed E-state index contributed by atoms with van der Waals surface area (Å²) in [6, 6.07) is 16.4. The van der Waals surface area contributed by atoms with Crippen LogP contribution in [-0.2, 0) is 6.54 Å². The lowest BCUT2D eigenvalue weighted by Crippen LogP contribution is -2.05. The number of aryl methyl sites for hydroxylation is 2. The molecule has 1 aromatic heterocycles. The highest BCUT2D eigenvalue weighted by atomic mass is 15.6. The average molecular weight is 264 g/mol. The van der Waals surface area contributed by atoms with E-state index >= 15 is 0 Å². The molecule has 0 atom stereocenters. The fourth-order valence-electron chi connectivity index (χ4n) is 2.07. The predicted molar refractivity (Wildman–Crippen MR) is 78.3 cm³/mol. The third kappa shape index (κ3) is 2.59. The van der Waals surface area contributed by atoms with Gasteiger partial charge in [-0.15, -0.1) is 10.2 Å². The van der Waals surface area contributed by atoms with Crippen LogP contribution < -0.4 is 0 Å². The van der Waals surface area contributed by atoms with Crippen LogP contribution in [0.2, 0.25) is 0 Å². The fraction of sp³-hybridized carbons (Fsp3) is 0.188. The molecule has 4 nitrogen and oxygen atoms in total. The smallest absolute Gasteiger partial charge is 0.159 e. The van der Waals surface area contributed by atoms with Crippen LogP contribution in [0, 0.1) is 13.8 Å². The summed E-state index contributed by atoms with van der Waals surface area (Å²) in [4.78, 5) is 1.64. The molecule has 1 heterocycles. The summed E-state index contributed by atoms with van der Waals surface area (Å²) in [6.45, 7) is 4.80. The van der Waals surface area contributed by atoms with Crippen molar-refractivity contribution in [3.05, 3.63) is 65.2 Å². The molecule has 0 N–H and O–H groups in total. The minimum atomic E-state index is 0.644. The van der Waals surface area contributed by atoms with Gasteiger partial charge in [0.25, 0.3) is 0 Å². The molecule has 0 radical (unpaired) electrons. The lowest BCUT2D eigenvalue weighted by atomic mass is 10.1. The van der Waals surface area contributed by atoms with Crippen molar-refractivity contribution in [1.29, 1.82) is 0 Å². The molecule has 0 saturated heterocycles. The van der Waals surface area contributed by atoms with Crippen LogP contribution in [0.1, 0.15) is 16.7 Å². The second-order valence-electron chi connectivity index (χ2n) is 4.94. The van der Waals surface area contributed by atoms with Gasteiger partial charge in [-0.3, -0.25) is 0 Å². The highest BCUT2D eigenvalue weighted by Crippen LogP contribution is 2.14. The Morgan fingerprint density at radius 1 is 0.950 bits per heavy atom. The SMILES string of the molecule is Cc1ccc(-c2nnn(Cc3ccccc3C)n2)cc1. The first-order valence-corrected chi connectivity index (χ1v) is 6.62. The molecule has 2 aromatic carbocycles. The molecule has 0 spiro atoms. The van der Waals surface area contributed by atoms with Crippen molar-refractivity contribution >= 4 is 0 Å². The number of rotatable bonds is 3. The van der Waals surface area contributed by atoms with Gasteiger partial charge in [0.15, 0.2) is 0 Å². The van der Waals surface area contributed by atoms with Gasteiger partial charge in [0.1, 0.15) is 0 Å². The zero-order valence-electron chi connectivity index (χ0n) is 11.6. The molecule has 0 aliphatic rings. The van der Waals surface area contributed by atoms with Gasteiger partial charge in [-0.2, -0.15) is 4.80 Å². The third-order valence-corrected chi connectivity index (χ3v) is 3.34. The molecule has 3 rings (SSSR count). The summed E-state index contributed by atoms with van der Waals surface area (Å²) < 4.78 is 0. The van der Waals surface area contributed by atoms with Gasteiger partial charge in [-0.05, 0) is 30.2 Å². The first-order chi connectivity index (χ1) is 9.72. The van der Waals surface area contributed by atoms with Crippen molar-refractivity contribution in [3.8, 4) is 11.4 Å². The van der Waals surface area contributed by atoms with Gasteiger partial charge < -0.3 is 0 Å². The second-order valence-corrected chi connectivity index (χ2v) is 4.94. The Bertz CT molecular complexity index is 713. The minimum absolute atomic E-state index is 0.644. The maximum Gasteiger partial charge on any atom is 0.204 e. The van der Waals surface area contributed by atoms with Crippen LogP contribution in [0.5, 0.6) is 0 Å². The topological polar surface area (TPSA) is 43.6 Å². The largest absolute Gasteiger partial charge is 0.204 e. The molecule has 0 aliphatic heterocycles. The molecule has 4 heteroatoms. The summed E-state index contributed by atoms with van der Waals surface area (Å²) in [5, 5.41) is 12.7. The van der Waals surface area contributed by atoms with Crippen molar-refractivity contribution in [2.24, 2.45) is 0 Å². The van der Waals surface area contributed by atoms with Gasteiger partial charge in [-0.1, -0.05) is 54.1 Å². The van der Waals surface area contributed by atoms with E-state index in [1.807, 2.05) is 24.3 Å². The van der Waals surface area contributed by atoms with E-state index in [0.717, 1.165) is 5.56 Å². The normalized spacial score (nSPS) is 10.7. The molecule has 3 aromatic rings. The van der Waals surface area contributed by atoms with Gasteiger partial charge in [0.2, 0.25) is 5.82 Å². The van der Waals surface area contributed by atoms with Crippen LogP contribution in [0.15, 0.2) is 48.5 Å². The third-order valence-electron chi connectivity index (χ3n) is 3.34. The Labute approximate surface area is 118 Å². The van der Waals surface area contributed by atoms with Crippen molar-refractivity contribution in [3.63, 3.8) is 0 Å². The van der Waals surface area contributed by atoms with E-state index in [1.54, 1.807) is 4.80 Å². The monoisotopic (exact) mass is 264 g/mol. The van der Waals surface area contributed by atoms with Crippen molar-refractivity contribution < 1.29 is 0 Å². The molecule has 0 bridgehead atoms. The van der Waals surface area contributed by atoms with E-state index in [9.17, 15) is 0 Å². The van der Waals surface area contributed by atoms with Crippen molar-refractivity contribution in [2.45, 2.75) is 20.4 Å². The van der Waals surface area contributed by atoms with E-state index < -0.39 is 0 Å². The van der Waals surface area contributed by atoms with E-state index in [1.165, 1.54) is 16.7 Å². The first kappa shape index (κ1) is 12.5. The molecule has 0 aliphatic carbocycles. The maximum absolute atomic E-state index is 4.44. The highest BCUT2D eigenvalue weighted by Gasteiger charge is 2.06. The summed E-state index contributed by atoms with van der Waals surface area (Å²) >= 11 is 0. The number of tetrazole rings is 1. The molecule has 0 unspecified atom stereocenters. The Morgan fingerprint density at radius 2 is 1.70 bits per heavy atom. The highest BCUT2D eigenvalue weighted by molar-refractivity contribution is 5.54. The maximum atomic E-state index is 4.44. The molecule has 0 fully saturated rings. The van der Waals surface area contributed by atoms with Crippen LogP contribution in [0.3, 0.4) is 0 Å². The lowest BCUT2D eigenvalue weighted by molar-refractivity contribution is 0.571. The van der Waals surface area contributed by atoms with Crippen molar-refractivity contribution in [2.75, 3.05) is 0 Å². The van der Waals surface area contributed by atoms with Gasteiger partial charge in [0.05, 0.1) is 6.54 Å². The molecular weight excluding hydrogens is 248 g/mol. The van der Waals surface area contributed by atoms with Crippen LogP contribution in [-0.4, -0.2) is 20.2 Å². The van der Waals surface area contributed by atoms with Crippen LogP contribution in [0.4, 0.5) is 0 Å². The zero-order chi connectivity index (χ0) is 13.9. The lowest BCUT2D eigenvalue weighted by Gasteiger charge is -2.03. The summed E-state index contributed by atoms with van der Waals surface area (Å²) in [7, 11) is 0. The Balaban J connectivity index is 1.84. The average Bonchev–Trinajstić information content (AvgIpc) is 2.91. The molecular formula is C16H16N4. The number of nitrogens with zero attached hydrogens (tertiary/aromatic N) is 4.